The Morgan fingerprint density at radius 3 is 2.58 bits per heavy atom. The van der Waals surface area contributed by atoms with Crippen molar-refractivity contribution in [2.75, 3.05) is 6.54 Å². The minimum absolute atomic E-state index is 0.0615. The van der Waals surface area contributed by atoms with E-state index in [2.05, 4.69) is 12.2 Å². The van der Waals surface area contributed by atoms with Crippen LogP contribution in [0.4, 0.5) is 0 Å². The van der Waals surface area contributed by atoms with Crippen LogP contribution in [0, 0.1) is 5.41 Å². The highest BCUT2D eigenvalue weighted by Gasteiger charge is 2.36. The van der Waals surface area contributed by atoms with Crippen molar-refractivity contribution in [3.63, 3.8) is 0 Å². The molecule has 3 heteroatoms. The quantitative estimate of drug-likeness (QED) is 0.826. The fourth-order valence-electron chi connectivity index (χ4n) is 2.92. The second-order valence-electron chi connectivity index (χ2n) is 5.71. The molecule has 0 saturated heterocycles. The smallest absolute Gasteiger partial charge is 0.241 e. The molecule has 0 spiro atoms. The molecule has 1 atom stereocenters. The highest BCUT2D eigenvalue weighted by Crippen LogP contribution is 2.44. The fourth-order valence-corrected chi connectivity index (χ4v) is 2.92. The molecule has 1 aromatic rings. The van der Waals surface area contributed by atoms with E-state index in [1.165, 1.54) is 32.1 Å². The van der Waals surface area contributed by atoms with Crippen molar-refractivity contribution in [3.05, 3.63) is 35.9 Å². The molecule has 104 valence electrons. The monoisotopic (exact) mass is 260 g/mol. The Labute approximate surface area is 115 Å². The molecule has 1 aliphatic rings. The van der Waals surface area contributed by atoms with E-state index in [9.17, 15) is 4.79 Å². The number of benzene rings is 1. The van der Waals surface area contributed by atoms with Gasteiger partial charge in [-0.3, -0.25) is 4.79 Å². The summed E-state index contributed by atoms with van der Waals surface area (Å²) in [5.74, 6) is -0.0615. The second kappa shape index (κ2) is 6.20. The Hall–Kier alpha value is -1.35. The molecular weight excluding hydrogens is 236 g/mol. The highest BCUT2D eigenvalue weighted by molar-refractivity contribution is 5.82. The Morgan fingerprint density at radius 2 is 2.05 bits per heavy atom. The first-order valence-electron chi connectivity index (χ1n) is 7.25. The molecule has 2 rings (SSSR count). The first kappa shape index (κ1) is 14.1. The Kier molecular flexibility index (Phi) is 4.59. The van der Waals surface area contributed by atoms with E-state index in [0.717, 1.165) is 12.1 Å². The molecule has 1 saturated carbocycles. The standard InChI is InChI=1S/C16H24N2O/c1-2-9-16(10-6-11-16)12-18-15(19)14(17)13-7-4-3-5-8-13/h3-5,7-8,14H,2,6,9-12,17H2,1H3,(H,18,19). The Morgan fingerprint density at radius 1 is 1.37 bits per heavy atom. The van der Waals surface area contributed by atoms with Crippen LogP contribution in [0.3, 0.4) is 0 Å². The van der Waals surface area contributed by atoms with Crippen molar-refractivity contribution in [1.29, 1.82) is 0 Å². The van der Waals surface area contributed by atoms with Gasteiger partial charge in [0.2, 0.25) is 5.91 Å². The lowest BCUT2D eigenvalue weighted by Gasteiger charge is -2.42. The molecule has 0 aliphatic heterocycles. The summed E-state index contributed by atoms with van der Waals surface area (Å²) in [5.41, 5.74) is 7.21. The van der Waals surface area contributed by atoms with Crippen molar-refractivity contribution in [1.82, 2.24) is 5.32 Å². The highest BCUT2D eigenvalue weighted by atomic mass is 16.2. The molecular formula is C16H24N2O. The maximum atomic E-state index is 12.1. The van der Waals surface area contributed by atoms with Crippen LogP contribution in [0.2, 0.25) is 0 Å². The molecule has 3 nitrogen and oxygen atoms in total. The number of carbonyl (C=O) groups excluding carboxylic acids is 1. The van der Waals surface area contributed by atoms with Crippen molar-refractivity contribution in [2.45, 2.75) is 45.1 Å². The molecule has 0 aromatic heterocycles. The van der Waals surface area contributed by atoms with Crippen LogP contribution >= 0.6 is 0 Å². The lowest BCUT2D eigenvalue weighted by Crippen LogP contribution is -2.44. The van der Waals surface area contributed by atoms with Gasteiger partial charge in [0.15, 0.2) is 0 Å². The largest absolute Gasteiger partial charge is 0.354 e. The molecule has 1 fully saturated rings. The summed E-state index contributed by atoms with van der Waals surface area (Å²) in [6, 6.07) is 8.99. The zero-order valence-electron chi connectivity index (χ0n) is 11.7. The van der Waals surface area contributed by atoms with Gasteiger partial charge in [0.05, 0.1) is 0 Å². The normalized spacial score (nSPS) is 18.4. The van der Waals surface area contributed by atoms with E-state index in [1.807, 2.05) is 30.3 Å². The fraction of sp³-hybridized carbons (Fsp3) is 0.562. The molecule has 0 radical (unpaired) electrons. The summed E-state index contributed by atoms with van der Waals surface area (Å²) in [7, 11) is 0. The topological polar surface area (TPSA) is 55.1 Å². The van der Waals surface area contributed by atoms with Crippen LogP contribution in [0.15, 0.2) is 30.3 Å². The second-order valence-corrected chi connectivity index (χ2v) is 5.71. The van der Waals surface area contributed by atoms with E-state index >= 15 is 0 Å². The van der Waals surface area contributed by atoms with Crippen LogP contribution < -0.4 is 11.1 Å². The number of carbonyl (C=O) groups is 1. The lowest BCUT2D eigenvalue weighted by atomic mass is 9.66. The lowest BCUT2D eigenvalue weighted by molar-refractivity contribution is -0.123. The number of amides is 1. The summed E-state index contributed by atoms with van der Waals surface area (Å²) in [4.78, 5) is 12.1. The molecule has 1 amide bonds. The zero-order valence-corrected chi connectivity index (χ0v) is 11.7. The Bertz CT molecular complexity index is 412. The van der Waals surface area contributed by atoms with E-state index in [4.69, 9.17) is 5.73 Å². The Balaban J connectivity index is 1.87. The SMILES string of the molecule is CCCC1(CNC(=O)C(N)c2ccccc2)CCC1. The first-order valence-corrected chi connectivity index (χ1v) is 7.25. The third-order valence-corrected chi connectivity index (χ3v) is 4.27. The zero-order chi connectivity index (χ0) is 13.7. The van der Waals surface area contributed by atoms with Crippen LogP contribution in [-0.2, 0) is 4.79 Å². The minimum Gasteiger partial charge on any atom is -0.354 e. The van der Waals surface area contributed by atoms with Gasteiger partial charge in [0.25, 0.3) is 0 Å². The van der Waals surface area contributed by atoms with E-state index in [0.29, 0.717) is 5.41 Å². The summed E-state index contributed by atoms with van der Waals surface area (Å²) in [6.45, 7) is 2.98. The van der Waals surface area contributed by atoms with Crippen LogP contribution in [0.25, 0.3) is 0 Å². The summed E-state index contributed by atoms with van der Waals surface area (Å²) < 4.78 is 0. The van der Waals surface area contributed by atoms with E-state index < -0.39 is 6.04 Å². The predicted octanol–water partition coefficient (Wildman–Crippen LogP) is 2.77. The molecule has 0 bridgehead atoms. The van der Waals surface area contributed by atoms with Gasteiger partial charge in [-0.1, -0.05) is 50.1 Å². The number of hydrogen-bond acceptors (Lipinski definition) is 2. The van der Waals surface area contributed by atoms with Gasteiger partial charge in [-0.25, -0.2) is 0 Å². The number of rotatable bonds is 6. The minimum atomic E-state index is -0.556. The maximum absolute atomic E-state index is 12.1. The van der Waals surface area contributed by atoms with Gasteiger partial charge in [0, 0.05) is 6.54 Å². The van der Waals surface area contributed by atoms with Gasteiger partial charge >= 0.3 is 0 Å². The maximum Gasteiger partial charge on any atom is 0.241 e. The van der Waals surface area contributed by atoms with Crippen molar-refractivity contribution in [2.24, 2.45) is 11.1 Å². The molecule has 1 unspecified atom stereocenters. The molecule has 3 N–H and O–H groups in total. The van der Waals surface area contributed by atoms with Crippen molar-refractivity contribution in [3.8, 4) is 0 Å². The van der Waals surface area contributed by atoms with Gasteiger partial charge < -0.3 is 11.1 Å². The first-order chi connectivity index (χ1) is 9.17. The van der Waals surface area contributed by atoms with Crippen LogP contribution in [-0.4, -0.2) is 12.5 Å². The van der Waals surface area contributed by atoms with Gasteiger partial charge in [-0.2, -0.15) is 0 Å². The van der Waals surface area contributed by atoms with Gasteiger partial charge in [0.1, 0.15) is 6.04 Å². The molecule has 0 heterocycles. The summed E-state index contributed by atoms with van der Waals surface area (Å²) in [5, 5.41) is 3.04. The van der Waals surface area contributed by atoms with Gasteiger partial charge in [-0.05, 0) is 30.2 Å². The summed E-state index contributed by atoms with van der Waals surface area (Å²) in [6.07, 6.45) is 6.15. The summed E-state index contributed by atoms with van der Waals surface area (Å²) >= 11 is 0. The van der Waals surface area contributed by atoms with Crippen molar-refractivity contribution >= 4 is 5.91 Å². The number of nitrogens with one attached hydrogen (secondary N) is 1. The molecule has 1 aromatic carbocycles. The average molecular weight is 260 g/mol. The van der Waals surface area contributed by atoms with Crippen LogP contribution in [0.5, 0.6) is 0 Å². The van der Waals surface area contributed by atoms with Crippen molar-refractivity contribution < 1.29 is 4.79 Å². The third kappa shape index (κ3) is 3.35. The average Bonchev–Trinajstić information content (AvgIpc) is 2.41. The van der Waals surface area contributed by atoms with E-state index in [1.54, 1.807) is 0 Å². The predicted molar refractivity (Wildman–Crippen MR) is 77.6 cm³/mol. The molecule has 19 heavy (non-hydrogen) atoms. The third-order valence-electron chi connectivity index (χ3n) is 4.27. The molecule has 1 aliphatic carbocycles. The number of nitrogens with two attached hydrogens (primary N) is 1. The van der Waals surface area contributed by atoms with Crippen LogP contribution in [0.1, 0.15) is 50.6 Å². The number of hydrogen-bond donors (Lipinski definition) is 2. The van der Waals surface area contributed by atoms with E-state index in [-0.39, 0.29) is 5.91 Å². The van der Waals surface area contributed by atoms with Gasteiger partial charge in [-0.15, -0.1) is 0 Å².